The number of benzene rings is 2. The van der Waals surface area contributed by atoms with E-state index < -0.39 is 22.0 Å². The highest BCUT2D eigenvalue weighted by Gasteiger charge is 2.28. The number of amides is 1. The van der Waals surface area contributed by atoms with Gasteiger partial charge in [-0.05, 0) is 57.9 Å². The van der Waals surface area contributed by atoms with Crippen molar-refractivity contribution in [1.82, 2.24) is 4.72 Å². The monoisotopic (exact) mass is 528 g/mol. The summed E-state index contributed by atoms with van der Waals surface area (Å²) < 4.78 is 29.7. The van der Waals surface area contributed by atoms with Crippen LogP contribution in [0.15, 0.2) is 79.2 Å². The first-order chi connectivity index (χ1) is 12.8. The van der Waals surface area contributed by atoms with Crippen molar-refractivity contribution < 1.29 is 13.2 Å². The largest absolute Gasteiger partial charge is 0.324 e. The lowest BCUT2D eigenvalue weighted by Crippen LogP contribution is -2.36. The Morgan fingerprint density at radius 1 is 0.926 bits per heavy atom. The number of sulfonamides is 1. The smallest absolute Gasteiger partial charge is 0.251 e. The molecule has 0 saturated carbocycles. The second kappa shape index (κ2) is 8.66. The van der Waals surface area contributed by atoms with E-state index in [2.05, 4.69) is 41.9 Å². The van der Waals surface area contributed by atoms with Crippen molar-refractivity contribution in [3.63, 3.8) is 0 Å². The van der Waals surface area contributed by atoms with Crippen LogP contribution in [0.25, 0.3) is 0 Å². The number of hydrogen-bond acceptors (Lipinski definition) is 4. The van der Waals surface area contributed by atoms with Crippen LogP contribution in [0.4, 0.5) is 5.69 Å². The van der Waals surface area contributed by atoms with Gasteiger partial charge in [-0.1, -0.05) is 46.3 Å². The average Bonchev–Trinajstić information content (AvgIpc) is 3.10. The number of carbonyl (C=O) groups is 1. The molecule has 1 aromatic heterocycles. The Morgan fingerprint density at radius 2 is 1.59 bits per heavy atom. The van der Waals surface area contributed by atoms with Gasteiger partial charge in [-0.15, -0.1) is 11.3 Å². The van der Waals surface area contributed by atoms with Gasteiger partial charge in [-0.3, -0.25) is 4.79 Å². The van der Waals surface area contributed by atoms with Gasteiger partial charge in [-0.25, -0.2) is 8.42 Å². The quantitative estimate of drug-likeness (QED) is 0.475. The topological polar surface area (TPSA) is 75.3 Å². The third kappa shape index (κ3) is 5.26. The number of thiophene rings is 1. The van der Waals surface area contributed by atoms with E-state index in [1.165, 1.54) is 6.07 Å². The predicted molar refractivity (Wildman–Crippen MR) is 114 cm³/mol. The maximum Gasteiger partial charge on any atom is 0.251 e. The molecule has 0 aliphatic heterocycles. The van der Waals surface area contributed by atoms with Crippen LogP contribution < -0.4 is 10.0 Å². The van der Waals surface area contributed by atoms with Gasteiger partial charge in [-0.2, -0.15) is 4.72 Å². The third-order valence-electron chi connectivity index (χ3n) is 3.59. The van der Waals surface area contributed by atoms with Crippen LogP contribution >= 0.6 is 43.2 Å². The first-order valence-corrected chi connectivity index (χ1v) is 11.6. The van der Waals surface area contributed by atoms with E-state index in [4.69, 9.17) is 0 Å². The average molecular weight is 530 g/mol. The predicted octanol–water partition coefficient (Wildman–Crippen LogP) is 4.93. The normalized spacial score (nSPS) is 12.5. The summed E-state index contributed by atoms with van der Waals surface area (Å²) in [4.78, 5) is 12.9. The molecule has 3 aromatic rings. The molecule has 0 bridgehead atoms. The van der Waals surface area contributed by atoms with Crippen molar-refractivity contribution in [2.24, 2.45) is 0 Å². The molecule has 9 heteroatoms. The molecule has 2 aromatic carbocycles. The number of rotatable bonds is 6. The molecule has 0 aliphatic carbocycles. The van der Waals surface area contributed by atoms with E-state index in [0.29, 0.717) is 15.0 Å². The van der Waals surface area contributed by atoms with Crippen LogP contribution in [0.3, 0.4) is 0 Å². The summed E-state index contributed by atoms with van der Waals surface area (Å²) in [6.45, 7) is 0. The molecule has 0 unspecified atom stereocenters. The van der Waals surface area contributed by atoms with Crippen molar-refractivity contribution in [3.8, 4) is 0 Å². The first kappa shape index (κ1) is 20.2. The second-order valence-electron chi connectivity index (χ2n) is 5.52. The summed E-state index contributed by atoms with van der Waals surface area (Å²) in [5, 5.41) is 2.75. The van der Waals surface area contributed by atoms with Crippen molar-refractivity contribution in [2.45, 2.75) is 10.3 Å². The molecule has 27 heavy (non-hydrogen) atoms. The summed E-state index contributed by atoms with van der Waals surface area (Å²) in [6, 6.07) is 17.8. The summed E-state index contributed by atoms with van der Waals surface area (Å²) in [5.74, 6) is -0.470. The maximum absolute atomic E-state index is 12.9. The zero-order chi connectivity index (χ0) is 19.4. The number of hydrogen-bond donors (Lipinski definition) is 2. The SMILES string of the molecule is O=C(Nc1ccc(Br)cc1)[C@H](NS(=O)(=O)c1ccc(Br)s1)c1ccccc1. The lowest BCUT2D eigenvalue weighted by Gasteiger charge is -2.18. The Morgan fingerprint density at radius 3 is 2.19 bits per heavy atom. The van der Waals surface area contributed by atoms with Crippen LogP contribution in [0.1, 0.15) is 11.6 Å². The highest BCUT2D eigenvalue weighted by atomic mass is 79.9. The molecule has 2 N–H and O–H groups in total. The van der Waals surface area contributed by atoms with Crippen molar-refractivity contribution in [2.75, 3.05) is 5.32 Å². The Hall–Kier alpha value is -1.52. The van der Waals surface area contributed by atoms with Gasteiger partial charge in [0.05, 0.1) is 3.79 Å². The molecule has 1 atom stereocenters. The first-order valence-electron chi connectivity index (χ1n) is 7.74. The Kier molecular flexibility index (Phi) is 6.48. The van der Waals surface area contributed by atoms with E-state index in [0.717, 1.165) is 15.8 Å². The van der Waals surface area contributed by atoms with Gasteiger partial charge < -0.3 is 5.32 Å². The molecule has 1 heterocycles. The number of anilines is 1. The molecule has 140 valence electrons. The lowest BCUT2D eigenvalue weighted by molar-refractivity contribution is -0.117. The van der Waals surface area contributed by atoms with E-state index in [9.17, 15) is 13.2 Å². The summed E-state index contributed by atoms with van der Waals surface area (Å²) in [6.07, 6.45) is 0. The highest BCUT2D eigenvalue weighted by Crippen LogP contribution is 2.28. The highest BCUT2D eigenvalue weighted by molar-refractivity contribution is 9.11. The summed E-state index contributed by atoms with van der Waals surface area (Å²) in [5.41, 5.74) is 1.12. The Balaban J connectivity index is 1.89. The number of nitrogens with one attached hydrogen (secondary N) is 2. The van der Waals surface area contributed by atoms with Crippen LogP contribution in [-0.2, 0) is 14.8 Å². The second-order valence-corrected chi connectivity index (χ2v) is 10.8. The fourth-order valence-electron chi connectivity index (χ4n) is 2.32. The van der Waals surface area contributed by atoms with Gasteiger partial charge in [0.25, 0.3) is 10.0 Å². The standard InChI is InChI=1S/C18H14Br2N2O3S2/c19-13-6-8-14(9-7-13)21-18(23)17(12-4-2-1-3-5-12)22-27(24,25)16-11-10-15(20)26-16/h1-11,17,22H,(H,21,23)/t17-/m1/s1. The molecule has 5 nitrogen and oxygen atoms in total. The third-order valence-corrected chi connectivity index (χ3v) is 7.66. The molecule has 3 rings (SSSR count). The van der Waals surface area contributed by atoms with E-state index in [-0.39, 0.29) is 4.21 Å². The van der Waals surface area contributed by atoms with E-state index in [1.54, 1.807) is 60.7 Å². The minimum atomic E-state index is -3.86. The van der Waals surface area contributed by atoms with Crippen molar-refractivity contribution in [3.05, 3.63) is 80.6 Å². The molecule has 0 spiro atoms. The van der Waals surface area contributed by atoms with Gasteiger partial charge in [0.1, 0.15) is 10.3 Å². The lowest BCUT2D eigenvalue weighted by atomic mass is 10.1. The van der Waals surface area contributed by atoms with Crippen molar-refractivity contribution in [1.29, 1.82) is 0 Å². The molecular formula is C18H14Br2N2O3S2. The molecule has 0 aliphatic rings. The fourth-order valence-corrected chi connectivity index (χ4v) is 5.80. The van der Waals surface area contributed by atoms with Crippen LogP contribution in [0.2, 0.25) is 0 Å². The van der Waals surface area contributed by atoms with Gasteiger partial charge in [0.2, 0.25) is 5.91 Å². The van der Waals surface area contributed by atoms with Gasteiger partial charge in [0.15, 0.2) is 0 Å². The Labute approximate surface area is 178 Å². The van der Waals surface area contributed by atoms with E-state index in [1.807, 2.05) is 0 Å². The summed E-state index contributed by atoms with van der Waals surface area (Å²) in [7, 11) is -3.86. The van der Waals surface area contributed by atoms with Crippen LogP contribution in [0, 0.1) is 0 Å². The minimum absolute atomic E-state index is 0.131. The zero-order valence-corrected chi connectivity index (χ0v) is 18.5. The Bertz CT molecular complexity index is 1040. The summed E-state index contributed by atoms with van der Waals surface area (Å²) >= 11 is 7.67. The molecule has 0 saturated heterocycles. The molecule has 0 fully saturated rings. The van der Waals surface area contributed by atoms with Crippen LogP contribution in [0.5, 0.6) is 0 Å². The van der Waals surface area contributed by atoms with Gasteiger partial charge >= 0.3 is 0 Å². The van der Waals surface area contributed by atoms with Gasteiger partial charge in [0, 0.05) is 10.2 Å². The molecule has 0 radical (unpaired) electrons. The zero-order valence-electron chi connectivity index (χ0n) is 13.7. The number of carbonyl (C=O) groups excluding carboxylic acids is 1. The van der Waals surface area contributed by atoms with E-state index >= 15 is 0 Å². The maximum atomic E-state index is 12.9. The number of halogens is 2. The van der Waals surface area contributed by atoms with Crippen LogP contribution in [-0.4, -0.2) is 14.3 Å². The fraction of sp³-hybridized carbons (Fsp3) is 0.0556. The van der Waals surface area contributed by atoms with Crippen molar-refractivity contribution >= 4 is 64.8 Å². The molecular weight excluding hydrogens is 516 g/mol. The molecule has 1 amide bonds. The minimum Gasteiger partial charge on any atom is -0.324 e.